The van der Waals surface area contributed by atoms with Crippen LogP contribution in [0.15, 0.2) is 30.6 Å². The van der Waals surface area contributed by atoms with Crippen molar-refractivity contribution in [1.82, 2.24) is 15.3 Å². The molecule has 2 N–H and O–H groups in total. The highest BCUT2D eigenvalue weighted by Crippen LogP contribution is 2.30. The number of hydrogen-bond donors (Lipinski definition) is 2. The van der Waals surface area contributed by atoms with Gasteiger partial charge >= 0.3 is 0 Å². The molecule has 128 valence electrons. The predicted molar refractivity (Wildman–Crippen MR) is 92.1 cm³/mol. The Bertz CT molecular complexity index is 726. The first kappa shape index (κ1) is 17.5. The predicted octanol–water partition coefficient (Wildman–Crippen LogP) is 2.77. The molecule has 1 heterocycles. The van der Waals surface area contributed by atoms with Crippen molar-refractivity contribution in [2.45, 2.75) is 26.3 Å². The fourth-order valence-electron chi connectivity index (χ4n) is 2.00. The van der Waals surface area contributed by atoms with E-state index in [1.807, 2.05) is 20.8 Å². The molecule has 0 unspecified atom stereocenters. The maximum absolute atomic E-state index is 12.2. The standard InChI is InChI=1S/C17H22N4O3/c1-17(2,3)21-16(22)13-9-15(19-10-18-13)20-12-8-11(23-4)6-7-14(12)24-5/h6-10H,1-5H3,(H,21,22)(H,18,19,20). The Hall–Kier alpha value is -2.83. The van der Waals surface area contributed by atoms with Crippen LogP contribution in [0.5, 0.6) is 11.5 Å². The van der Waals surface area contributed by atoms with Gasteiger partial charge in [-0.25, -0.2) is 9.97 Å². The Kier molecular flexibility index (Phi) is 5.23. The highest BCUT2D eigenvalue weighted by Gasteiger charge is 2.17. The van der Waals surface area contributed by atoms with Gasteiger partial charge in [0.1, 0.15) is 29.3 Å². The van der Waals surface area contributed by atoms with Crippen LogP contribution in [0.25, 0.3) is 0 Å². The summed E-state index contributed by atoms with van der Waals surface area (Å²) in [4.78, 5) is 20.4. The van der Waals surface area contributed by atoms with Crippen LogP contribution in [-0.2, 0) is 0 Å². The summed E-state index contributed by atoms with van der Waals surface area (Å²) >= 11 is 0. The first-order valence-electron chi connectivity index (χ1n) is 7.46. The number of benzene rings is 1. The molecule has 24 heavy (non-hydrogen) atoms. The van der Waals surface area contributed by atoms with Gasteiger partial charge in [-0.15, -0.1) is 0 Å². The van der Waals surface area contributed by atoms with Crippen molar-refractivity contribution < 1.29 is 14.3 Å². The van der Waals surface area contributed by atoms with E-state index < -0.39 is 0 Å². The highest BCUT2D eigenvalue weighted by atomic mass is 16.5. The number of aromatic nitrogens is 2. The number of hydrogen-bond acceptors (Lipinski definition) is 6. The molecular formula is C17H22N4O3. The van der Waals surface area contributed by atoms with Crippen LogP contribution in [-0.4, -0.2) is 35.6 Å². The smallest absolute Gasteiger partial charge is 0.270 e. The molecule has 7 nitrogen and oxygen atoms in total. The summed E-state index contributed by atoms with van der Waals surface area (Å²) in [5.74, 6) is 1.54. The minimum atomic E-state index is -0.342. The minimum absolute atomic E-state index is 0.259. The van der Waals surface area contributed by atoms with Crippen LogP contribution in [0.3, 0.4) is 0 Å². The van der Waals surface area contributed by atoms with E-state index in [4.69, 9.17) is 9.47 Å². The second-order valence-electron chi connectivity index (χ2n) is 6.18. The van der Waals surface area contributed by atoms with Gasteiger partial charge in [0.05, 0.1) is 19.9 Å². The number of ether oxygens (including phenoxy) is 2. The molecule has 2 aromatic rings. The SMILES string of the molecule is COc1ccc(OC)c(Nc2cc(C(=O)NC(C)(C)C)ncn2)c1. The van der Waals surface area contributed by atoms with Gasteiger partial charge in [0, 0.05) is 17.7 Å². The van der Waals surface area contributed by atoms with Gasteiger partial charge in [-0.1, -0.05) is 0 Å². The number of rotatable bonds is 5. The molecule has 0 fully saturated rings. The third-order valence-electron chi connectivity index (χ3n) is 3.06. The van der Waals surface area contributed by atoms with Gasteiger partial charge in [0.15, 0.2) is 0 Å². The van der Waals surface area contributed by atoms with Gasteiger partial charge < -0.3 is 20.1 Å². The molecule has 0 saturated heterocycles. The molecule has 0 radical (unpaired) electrons. The van der Waals surface area contributed by atoms with E-state index in [-0.39, 0.29) is 17.1 Å². The number of anilines is 2. The van der Waals surface area contributed by atoms with Crippen molar-refractivity contribution in [3.05, 3.63) is 36.3 Å². The fourth-order valence-corrected chi connectivity index (χ4v) is 2.00. The summed E-state index contributed by atoms with van der Waals surface area (Å²) < 4.78 is 10.5. The van der Waals surface area contributed by atoms with Crippen molar-refractivity contribution in [2.24, 2.45) is 0 Å². The van der Waals surface area contributed by atoms with E-state index in [9.17, 15) is 4.79 Å². The molecule has 1 aromatic heterocycles. The number of amides is 1. The topological polar surface area (TPSA) is 85.4 Å². The average molecular weight is 330 g/mol. The Balaban J connectivity index is 2.25. The molecule has 1 amide bonds. The second-order valence-corrected chi connectivity index (χ2v) is 6.18. The van der Waals surface area contributed by atoms with E-state index in [0.29, 0.717) is 23.0 Å². The molecule has 0 aliphatic rings. The summed E-state index contributed by atoms with van der Waals surface area (Å²) in [5, 5.41) is 5.99. The van der Waals surface area contributed by atoms with E-state index in [2.05, 4.69) is 20.6 Å². The van der Waals surface area contributed by atoms with Gasteiger partial charge in [0.2, 0.25) is 0 Å². The van der Waals surface area contributed by atoms with Gasteiger partial charge in [0.25, 0.3) is 5.91 Å². The van der Waals surface area contributed by atoms with E-state index in [0.717, 1.165) is 0 Å². The lowest BCUT2D eigenvalue weighted by atomic mass is 10.1. The van der Waals surface area contributed by atoms with Crippen molar-refractivity contribution >= 4 is 17.4 Å². The van der Waals surface area contributed by atoms with Crippen LogP contribution < -0.4 is 20.1 Å². The minimum Gasteiger partial charge on any atom is -0.497 e. The molecule has 0 saturated carbocycles. The summed E-state index contributed by atoms with van der Waals surface area (Å²) in [6.45, 7) is 5.73. The van der Waals surface area contributed by atoms with Gasteiger partial charge in [-0.05, 0) is 32.9 Å². The number of carbonyl (C=O) groups is 1. The van der Waals surface area contributed by atoms with E-state index in [1.165, 1.54) is 6.33 Å². The Morgan fingerprint density at radius 1 is 1.08 bits per heavy atom. The first-order chi connectivity index (χ1) is 11.3. The van der Waals surface area contributed by atoms with Crippen molar-refractivity contribution in [2.75, 3.05) is 19.5 Å². The summed E-state index contributed by atoms with van der Waals surface area (Å²) in [5.41, 5.74) is 0.619. The Morgan fingerprint density at radius 2 is 1.83 bits per heavy atom. The third-order valence-corrected chi connectivity index (χ3v) is 3.06. The first-order valence-corrected chi connectivity index (χ1v) is 7.46. The normalized spacial score (nSPS) is 10.9. The molecular weight excluding hydrogens is 308 g/mol. The number of nitrogens with zero attached hydrogens (tertiary/aromatic N) is 2. The zero-order chi connectivity index (χ0) is 17.7. The zero-order valence-electron chi connectivity index (χ0n) is 14.5. The molecule has 0 spiro atoms. The van der Waals surface area contributed by atoms with Crippen molar-refractivity contribution in [3.63, 3.8) is 0 Å². The summed E-state index contributed by atoms with van der Waals surface area (Å²) in [6, 6.07) is 6.96. The summed E-state index contributed by atoms with van der Waals surface area (Å²) in [6.07, 6.45) is 1.34. The van der Waals surface area contributed by atoms with Crippen molar-refractivity contribution in [1.29, 1.82) is 0 Å². The maximum Gasteiger partial charge on any atom is 0.270 e. The van der Waals surface area contributed by atoms with E-state index in [1.54, 1.807) is 38.5 Å². The molecule has 0 bridgehead atoms. The lowest BCUT2D eigenvalue weighted by Crippen LogP contribution is -2.40. The zero-order valence-corrected chi connectivity index (χ0v) is 14.5. The number of methoxy groups -OCH3 is 2. The van der Waals surface area contributed by atoms with E-state index >= 15 is 0 Å². The molecule has 0 aliphatic carbocycles. The highest BCUT2D eigenvalue weighted by molar-refractivity contribution is 5.93. The molecule has 1 aromatic carbocycles. The molecule has 0 aliphatic heterocycles. The van der Waals surface area contributed by atoms with Gasteiger partial charge in [-0.2, -0.15) is 0 Å². The lowest BCUT2D eigenvalue weighted by molar-refractivity contribution is 0.0914. The quantitative estimate of drug-likeness (QED) is 0.877. The van der Waals surface area contributed by atoms with Gasteiger partial charge in [-0.3, -0.25) is 4.79 Å². The van der Waals surface area contributed by atoms with Crippen LogP contribution in [0.1, 0.15) is 31.3 Å². The Morgan fingerprint density at radius 3 is 2.46 bits per heavy atom. The fraction of sp³-hybridized carbons (Fsp3) is 0.353. The Labute approximate surface area is 141 Å². The van der Waals surface area contributed by atoms with Crippen LogP contribution in [0.4, 0.5) is 11.5 Å². The second kappa shape index (κ2) is 7.16. The van der Waals surface area contributed by atoms with Crippen LogP contribution in [0, 0.1) is 0 Å². The monoisotopic (exact) mass is 330 g/mol. The lowest BCUT2D eigenvalue weighted by Gasteiger charge is -2.20. The number of nitrogens with one attached hydrogen (secondary N) is 2. The third kappa shape index (κ3) is 4.58. The largest absolute Gasteiger partial charge is 0.497 e. The molecule has 0 atom stereocenters. The average Bonchev–Trinajstić information content (AvgIpc) is 2.53. The molecule has 2 rings (SSSR count). The van der Waals surface area contributed by atoms with Crippen LogP contribution in [0.2, 0.25) is 0 Å². The maximum atomic E-state index is 12.2. The summed E-state index contributed by atoms with van der Waals surface area (Å²) in [7, 11) is 3.17. The van der Waals surface area contributed by atoms with Crippen LogP contribution >= 0.6 is 0 Å². The number of carbonyl (C=O) groups excluding carboxylic acids is 1. The van der Waals surface area contributed by atoms with Crippen molar-refractivity contribution in [3.8, 4) is 11.5 Å². The molecule has 7 heteroatoms.